The van der Waals surface area contributed by atoms with Crippen molar-refractivity contribution < 1.29 is 22.6 Å². The van der Waals surface area contributed by atoms with Crippen LogP contribution in [0.25, 0.3) is 5.57 Å². The van der Waals surface area contributed by atoms with Crippen molar-refractivity contribution in [1.82, 2.24) is 5.32 Å². The first-order valence-electron chi connectivity index (χ1n) is 10.5. The van der Waals surface area contributed by atoms with E-state index in [1.807, 2.05) is 48.5 Å². The van der Waals surface area contributed by atoms with Crippen molar-refractivity contribution in [2.45, 2.75) is 25.8 Å². The smallest absolute Gasteiger partial charge is 0.419 e. The molecule has 1 heterocycles. The second-order valence-corrected chi connectivity index (χ2v) is 7.56. The summed E-state index contributed by atoms with van der Waals surface area (Å²) in [5.41, 5.74) is 3.32. The van der Waals surface area contributed by atoms with Crippen molar-refractivity contribution in [3.8, 4) is 11.5 Å². The van der Waals surface area contributed by atoms with Gasteiger partial charge < -0.3 is 14.8 Å². The fourth-order valence-electron chi connectivity index (χ4n) is 3.67. The molecule has 0 saturated heterocycles. The summed E-state index contributed by atoms with van der Waals surface area (Å²) in [6, 6.07) is 20.7. The molecule has 3 aromatic carbocycles. The fraction of sp³-hybridized carbons (Fsp3) is 0.231. The Labute approximate surface area is 185 Å². The highest BCUT2D eigenvalue weighted by molar-refractivity contribution is 5.70. The Kier molecular flexibility index (Phi) is 6.81. The van der Waals surface area contributed by atoms with Gasteiger partial charge in [0.05, 0.1) is 5.56 Å². The Morgan fingerprint density at radius 3 is 2.38 bits per heavy atom. The van der Waals surface area contributed by atoms with Gasteiger partial charge in [-0.15, -0.1) is 0 Å². The Hall–Kier alpha value is -3.25. The zero-order chi connectivity index (χ0) is 22.4. The molecule has 4 rings (SSSR count). The molecular formula is C26H24F3NO2. The minimum absolute atomic E-state index is 0.0471. The van der Waals surface area contributed by atoms with Crippen LogP contribution in [0.1, 0.15) is 28.7 Å². The summed E-state index contributed by atoms with van der Waals surface area (Å²) in [5, 5.41) is 3.30. The molecule has 0 radical (unpaired) electrons. The third-order valence-corrected chi connectivity index (χ3v) is 5.31. The van der Waals surface area contributed by atoms with E-state index in [2.05, 4.69) is 11.4 Å². The number of benzene rings is 3. The Morgan fingerprint density at radius 2 is 1.62 bits per heavy atom. The van der Waals surface area contributed by atoms with Crippen molar-refractivity contribution >= 4 is 5.57 Å². The number of hydrogen-bond acceptors (Lipinski definition) is 3. The average molecular weight is 439 g/mol. The van der Waals surface area contributed by atoms with Crippen LogP contribution in [0.3, 0.4) is 0 Å². The van der Waals surface area contributed by atoms with E-state index >= 15 is 0 Å². The van der Waals surface area contributed by atoms with Crippen LogP contribution in [0.15, 0.2) is 78.9 Å². The highest BCUT2D eigenvalue weighted by atomic mass is 19.4. The number of hydrogen-bond donors (Lipinski definition) is 1. The average Bonchev–Trinajstić information content (AvgIpc) is 2.82. The Bertz CT molecular complexity index is 1080. The predicted octanol–water partition coefficient (Wildman–Crippen LogP) is 6.24. The minimum Gasteiger partial charge on any atom is -0.489 e. The molecule has 1 aliphatic rings. The lowest BCUT2D eigenvalue weighted by atomic mass is 9.94. The number of para-hydroxylation sites is 2. The van der Waals surface area contributed by atoms with Gasteiger partial charge in [0.25, 0.3) is 0 Å². The summed E-state index contributed by atoms with van der Waals surface area (Å²) in [5.74, 6) is 0.619. The van der Waals surface area contributed by atoms with E-state index in [1.54, 1.807) is 6.07 Å². The quantitative estimate of drug-likeness (QED) is 0.473. The van der Waals surface area contributed by atoms with Gasteiger partial charge in [0.2, 0.25) is 0 Å². The van der Waals surface area contributed by atoms with Gasteiger partial charge in [-0.2, -0.15) is 13.2 Å². The van der Waals surface area contributed by atoms with Gasteiger partial charge in [-0.3, -0.25) is 0 Å². The van der Waals surface area contributed by atoms with E-state index in [4.69, 9.17) is 9.47 Å². The third kappa shape index (κ3) is 5.51. The Balaban J connectivity index is 1.55. The molecule has 0 spiro atoms. The lowest BCUT2D eigenvalue weighted by Gasteiger charge is -2.19. The van der Waals surface area contributed by atoms with Gasteiger partial charge in [-0.05, 0) is 65.6 Å². The van der Waals surface area contributed by atoms with Crippen LogP contribution in [-0.4, -0.2) is 13.1 Å². The van der Waals surface area contributed by atoms with Gasteiger partial charge in [0.15, 0.2) is 0 Å². The zero-order valence-electron chi connectivity index (χ0n) is 17.5. The van der Waals surface area contributed by atoms with E-state index in [9.17, 15) is 13.2 Å². The van der Waals surface area contributed by atoms with Gasteiger partial charge >= 0.3 is 6.18 Å². The van der Waals surface area contributed by atoms with Crippen molar-refractivity contribution in [3.05, 3.63) is 101 Å². The summed E-state index contributed by atoms with van der Waals surface area (Å²) in [6.07, 6.45) is -1.44. The molecule has 3 aromatic rings. The molecule has 32 heavy (non-hydrogen) atoms. The van der Waals surface area contributed by atoms with Gasteiger partial charge in [0, 0.05) is 6.54 Å². The molecule has 0 aliphatic carbocycles. The highest BCUT2D eigenvalue weighted by Crippen LogP contribution is 2.36. The van der Waals surface area contributed by atoms with Crippen LogP contribution in [0.2, 0.25) is 0 Å². The lowest BCUT2D eigenvalue weighted by molar-refractivity contribution is -0.139. The van der Waals surface area contributed by atoms with Crippen LogP contribution in [0.5, 0.6) is 11.5 Å². The molecule has 166 valence electrons. The SMILES string of the molecule is FC(F)(F)c1ccccc1OCc1ccc(COc2ccccc2)c(C2=CCNCC2)c1. The van der Waals surface area contributed by atoms with E-state index in [0.717, 1.165) is 48.0 Å². The summed E-state index contributed by atoms with van der Waals surface area (Å²) >= 11 is 0. The molecular weight excluding hydrogens is 415 g/mol. The molecule has 1 N–H and O–H groups in total. The summed E-state index contributed by atoms with van der Waals surface area (Å²) < 4.78 is 51.3. The molecule has 6 heteroatoms. The maximum atomic E-state index is 13.3. The van der Waals surface area contributed by atoms with Crippen LogP contribution < -0.4 is 14.8 Å². The molecule has 0 amide bonds. The first-order chi connectivity index (χ1) is 15.5. The Morgan fingerprint density at radius 1 is 0.844 bits per heavy atom. The second-order valence-electron chi connectivity index (χ2n) is 7.56. The zero-order valence-corrected chi connectivity index (χ0v) is 17.5. The van der Waals surface area contributed by atoms with E-state index in [0.29, 0.717) is 6.61 Å². The predicted molar refractivity (Wildman–Crippen MR) is 118 cm³/mol. The fourth-order valence-corrected chi connectivity index (χ4v) is 3.67. The van der Waals surface area contributed by atoms with Crippen LogP contribution in [-0.2, 0) is 19.4 Å². The van der Waals surface area contributed by atoms with Crippen LogP contribution in [0.4, 0.5) is 13.2 Å². The van der Waals surface area contributed by atoms with E-state index < -0.39 is 11.7 Å². The number of nitrogens with one attached hydrogen (secondary N) is 1. The molecule has 0 bridgehead atoms. The number of halogens is 3. The second kappa shape index (κ2) is 9.92. The molecule has 0 aromatic heterocycles. The molecule has 0 saturated carbocycles. The highest BCUT2D eigenvalue weighted by Gasteiger charge is 2.34. The van der Waals surface area contributed by atoms with Gasteiger partial charge in [-0.25, -0.2) is 0 Å². The first-order valence-corrected chi connectivity index (χ1v) is 10.5. The summed E-state index contributed by atoms with van der Waals surface area (Å²) in [7, 11) is 0. The van der Waals surface area contributed by atoms with Crippen molar-refractivity contribution in [1.29, 1.82) is 0 Å². The van der Waals surface area contributed by atoms with E-state index in [-0.39, 0.29) is 12.4 Å². The van der Waals surface area contributed by atoms with Crippen LogP contribution >= 0.6 is 0 Å². The standard InChI is InChI=1S/C26H24F3NO2/c27-26(28,29)24-8-4-5-9-25(24)32-17-19-10-11-21(18-31-22-6-2-1-3-7-22)23(16-19)20-12-14-30-15-13-20/h1-12,16,30H,13-15,17-18H2. The van der Waals surface area contributed by atoms with Gasteiger partial charge in [0.1, 0.15) is 24.7 Å². The van der Waals surface area contributed by atoms with Gasteiger partial charge in [-0.1, -0.05) is 48.5 Å². The molecule has 0 atom stereocenters. The number of alkyl halides is 3. The number of ether oxygens (including phenoxy) is 2. The van der Waals surface area contributed by atoms with Crippen molar-refractivity contribution in [3.63, 3.8) is 0 Å². The molecule has 0 fully saturated rings. The largest absolute Gasteiger partial charge is 0.489 e. The minimum atomic E-state index is -4.46. The molecule has 3 nitrogen and oxygen atoms in total. The number of rotatable bonds is 7. The van der Waals surface area contributed by atoms with E-state index in [1.165, 1.54) is 17.7 Å². The van der Waals surface area contributed by atoms with Crippen molar-refractivity contribution in [2.24, 2.45) is 0 Å². The molecule has 1 aliphatic heterocycles. The first kappa shape index (κ1) is 22.0. The third-order valence-electron chi connectivity index (χ3n) is 5.31. The maximum absolute atomic E-state index is 13.3. The monoisotopic (exact) mass is 439 g/mol. The topological polar surface area (TPSA) is 30.5 Å². The lowest BCUT2D eigenvalue weighted by Crippen LogP contribution is -2.20. The normalized spacial score (nSPS) is 14.0. The van der Waals surface area contributed by atoms with Crippen molar-refractivity contribution in [2.75, 3.05) is 13.1 Å². The summed E-state index contributed by atoms with van der Waals surface area (Å²) in [4.78, 5) is 0. The summed E-state index contributed by atoms with van der Waals surface area (Å²) in [6.45, 7) is 2.12. The van der Waals surface area contributed by atoms with Crippen LogP contribution in [0, 0.1) is 0 Å². The molecule has 0 unspecified atom stereocenters. The maximum Gasteiger partial charge on any atom is 0.419 e.